The molecule has 0 aliphatic carbocycles. The Kier molecular flexibility index (Phi) is 6.28. The van der Waals surface area contributed by atoms with E-state index in [1.54, 1.807) is 12.1 Å². The van der Waals surface area contributed by atoms with Crippen molar-refractivity contribution in [3.05, 3.63) is 65.7 Å². The number of hydrogen-bond acceptors (Lipinski definition) is 3. The van der Waals surface area contributed by atoms with Crippen LogP contribution in [-0.2, 0) is 16.0 Å². The van der Waals surface area contributed by atoms with Crippen molar-refractivity contribution in [1.82, 2.24) is 5.32 Å². The molecule has 3 N–H and O–H groups in total. The van der Waals surface area contributed by atoms with E-state index in [0.717, 1.165) is 5.56 Å². The molecule has 0 aliphatic heterocycles. The monoisotopic (exact) mass is 340 g/mol. The molecule has 0 fully saturated rings. The molecule has 0 aromatic heterocycles. The molecule has 0 radical (unpaired) electrons. The number of carboxylic acids is 1. The number of amides is 2. The highest BCUT2D eigenvalue weighted by Gasteiger charge is 2.14. The second kappa shape index (κ2) is 8.63. The Morgan fingerprint density at radius 2 is 1.64 bits per heavy atom. The van der Waals surface area contributed by atoms with Crippen molar-refractivity contribution in [3.63, 3.8) is 0 Å². The maximum Gasteiger partial charge on any atom is 0.322 e. The number of carboxylic acid groups (broad SMARTS) is 1. The zero-order valence-electron chi connectivity index (χ0n) is 13.9. The molecule has 25 heavy (non-hydrogen) atoms. The summed E-state index contributed by atoms with van der Waals surface area (Å²) >= 11 is 0. The molecule has 0 unspecified atom stereocenters. The Balaban J connectivity index is 1.90. The van der Waals surface area contributed by atoms with Crippen molar-refractivity contribution in [2.45, 2.75) is 13.3 Å². The number of anilines is 1. The van der Waals surface area contributed by atoms with Gasteiger partial charge in [-0.05, 0) is 36.2 Å². The molecule has 0 bridgehead atoms. The van der Waals surface area contributed by atoms with Crippen LogP contribution in [0.5, 0.6) is 0 Å². The predicted octanol–water partition coefficient (Wildman–Crippen LogP) is 2.32. The Labute approximate surface area is 145 Å². The summed E-state index contributed by atoms with van der Waals surface area (Å²) in [5.74, 6) is -1.88. The van der Waals surface area contributed by atoms with Crippen molar-refractivity contribution in [3.8, 4) is 0 Å². The van der Waals surface area contributed by atoms with E-state index in [0.29, 0.717) is 17.7 Å². The summed E-state index contributed by atoms with van der Waals surface area (Å²) in [6.07, 6.45) is 0.641. The maximum absolute atomic E-state index is 12.3. The normalized spacial score (nSPS) is 11.4. The van der Waals surface area contributed by atoms with Gasteiger partial charge in [0.1, 0.15) is 6.54 Å². The zero-order valence-corrected chi connectivity index (χ0v) is 13.9. The summed E-state index contributed by atoms with van der Waals surface area (Å²) < 4.78 is 0. The van der Waals surface area contributed by atoms with Crippen LogP contribution < -0.4 is 10.6 Å². The van der Waals surface area contributed by atoms with Crippen LogP contribution in [-0.4, -0.2) is 29.4 Å². The highest BCUT2D eigenvalue weighted by Crippen LogP contribution is 2.14. The lowest BCUT2D eigenvalue weighted by Crippen LogP contribution is -2.29. The highest BCUT2D eigenvalue weighted by atomic mass is 16.4. The average Bonchev–Trinajstić information content (AvgIpc) is 2.61. The molecule has 0 saturated carbocycles. The van der Waals surface area contributed by atoms with Crippen molar-refractivity contribution in [2.75, 3.05) is 11.9 Å². The molecule has 1 atom stereocenters. The van der Waals surface area contributed by atoms with Crippen molar-refractivity contribution < 1.29 is 19.5 Å². The summed E-state index contributed by atoms with van der Waals surface area (Å²) in [6.45, 7) is 1.42. The third-order valence-corrected chi connectivity index (χ3v) is 3.65. The summed E-state index contributed by atoms with van der Waals surface area (Å²) in [6, 6.07) is 16.1. The second-order valence-electron chi connectivity index (χ2n) is 5.73. The number of benzene rings is 2. The fourth-order valence-corrected chi connectivity index (χ4v) is 2.29. The number of aliphatic carboxylic acids is 1. The van der Waals surface area contributed by atoms with Crippen LogP contribution in [0.15, 0.2) is 54.6 Å². The molecule has 6 nitrogen and oxygen atoms in total. The van der Waals surface area contributed by atoms with E-state index in [4.69, 9.17) is 5.11 Å². The number of hydrogen-bond donors (Lipinski definition) is 3. The zero-order chi connectivity index (χ0) is 18.2. The van der Waals surface area contributed by atoms with Gasteiger partial charge in [-0.15, -0.1) is 0 Å². The molecule has 0 heterocycles. The molecule has 2 aromatic carbocycles. The van der Waals surface area contributed by atoms with Gasteiger partial charge in [-0.25, -0.2) is 0 Å². The van der Waals surface area contributed by atoms with Gasteiger partial charge in [0, 0.05) is 17.2 Å². The molecule has 2 aromatic rings. The van der Waals surface area contributed by atoms with Gasteiger partial charge in [-0.3, -0.25) is 14.4 Å². The topological polar surface area (TPSA) is 95.5 Å². The van der Waals surface area contributed by atoms with E-state index in [2.05, 4.69) is 10.6 Å². The van der Waals surface area contributed by atoms with Gasteiger partial charge in [0.05, 0.1) is 0 Å². The van der Waals surface area contributed by atoms with Gasteiger partial charge >= 0.3 is 5.97 Å². The first-order valence-electron chi connectivity index (χ1n) is 7.90. The molecule has 130 valence electrons. The van der Waals surface area contributed by atoms with Crippen molar-refractivity contribution in [1.29, 1.82) is 0 Å². The minimum absolute atomic E-state index is 0.105. The maximum atomic E-state index is 12.3. The minimum atomic E-state index is -1.11. The lowest BCUT2D eigenvalue weighted by atomic mass is 10.0. The smallest absolute Gasteiger partial charge is 0.322 e. The lowest BCUT2D eigenvalue weighted by molar-refractivity contribution is -0.135. The van der Waals surface area contributed by atoms with E-state index in [9.17, 15) is 14.4 Å². The van der Waals surface area contributed by atoms with E-state index in [1.165, 1.54) is 12.1 Å². The fourth-order valence-electron chi connectivity index (χ4n) is 2.29. The van der Waals surface area contributed by atoms with Crippen LogP contribution in [0.2, 0.25) is 0 Å². The van der Waals surface area contributed by atoms with Crippen molar-refractivity contribution >= 4 is 23.5 Å². The van der Waals surface area contributed by atoms with Crippen LogP contribution in [0.1, 0.15) is 22.8 Å². The Bertz CT molecular complexity index is 742. The molecule has 2 amide bonds. The molecule has 2 rings (SSSR count). The first kappa shape index (κ1) is 18.2. The molecule has 0 saturated heterocycles. The van der Waals surface area contributed by atoms with Gasteiger partial charge in [0.15, 0.2) is 0 Å². The molecular formula is C19H20N2O4. The second-order valence-corrected chi connectivity index (χ2v) is 5.73. The van der Waals surface area contributed by atoms with Gasteiger partial charge in [0.25, 0.3) is 5.91 Å². The van der Waals surface area contributed by atoms with Crippen LogP contribution in [0.3, 0.4) is 0 Å². The van der Waals surface area contributed by atoms with Gasteiger partial charge < -0.3 is 15.7 Å². The van der Waals surface area contributed by atoms with Crippen LogP contribution in [0, 0.1) is 5.92 Å². The summed E-state index contributed by atoms with van der Waals surface area (Å²) in [7, 11) is 0. The Morgan fingerprint density at radius 1 is 1.00 bits per heavy atom. The largest absolute Gasteiger partial charge is 0.480 e. The molecule has 0 spiro atoms. The number of carbonyl (C=O) groups excluding carboxylic acids is 2. The van der Waals surface area contributed by atoms with Crippen molar-refractivity contribution in [2.24, 2.45) is 5.92 Å². The standard InChI is InChI=1S/C19H20N2O4/c1-13(11-14-5-3-2-4-6-14)18(24)21-16-9-7-15(8-10-16)19(25)20-12-17(22)23/h2-10,13H,11-12H2,1H3,(H,20,25)(H,21,24)(H,22,23)/t13-/m1/s1. The molecule has 0 aliphatic rings. The lowest BCUT2D eigenvalue weighted by Gasteiger charge is -2.12. The summed E-state index contributed by atoms with van der Waals surface area (Å²) in [5, 5.41) is 13.6. The number of carbonyl (C=O) groups is 3. The first-order chi connectivity index (χ1) is 12.0. The minimum Gasteiger partial charge on any atom is -0.480 e. The molecular weight excluding hydrogens is 320 g/mol. The van der Waals surface area contributed by atoms with E-state index in [1.807, 2.05) is 37.3 Å². The van der Waals surface area contributed by atoms with Crippen LogP contribution in [0.4, 0.5) is 5.69 Å². The quantitative estimate of drug-likeness (QED) is 0.721. The summed E-state index contributed by atoms with van der Waals surface area (Å²) in [4.78, 5) is 34.4. The van der Waals surface area contributed by atoms with Gasteiger partial charge in [0.2, 0.25) is 5.91 Å². The third kappa shape index (κ3) is 5.76. The van der Waals surface area contributed by atoms with Crippen LogP contribution >= 0.6 is 0 Å². The number of rotatable bonds is 7. The van der Waals surface area contributed by atoms with E-state index < -0.39 is 18.4 Å². The third-order valence-electron chi connectivity index (χ3n) is 3.65. The van der Waals surface area contributed by atoms with E-state index in [-0.39, 0.29) is 11.8 Å². The molecule has 6 heteroatoms. The van der Waals surface area contributed by atoms with Crippen LogP contribution in [0.25, 0.3) is 0 Å². The van der Waals surface area contributed by atoms with Gasteiger partial charge in [-0.1, -0.05) is 37.3 Å². The Hall–Kier alpha value is -3.15. The SMILES string of the molecule is C[C@H](Cc1ccccc1)C(=O)Nc1ccc(C(=O)NCC(=O)O)cc1. The first-order valence-corrected chi connectivity index (χ1v) is 7.90. The Morgan fingerprint density at radius 3 is 2.24 bits per heavy atom. The van der Waals surface area contributed by atoms with E-state index >= 15 is 0 Å². The fraction of sp³-hybridized carbons (Fsp3) is 0.211. The predicted molar refractivity (Wildman–Crippen MR) is 94.4 cm³/mol. The highest BCUT2D eigenvalue weighted by molar-refractivity contribution is 5.97. The number of nitrogens with one attached hydrogen (secondary N) is 2. The average molecular weight is 340 g/mol. The van der Waals surface area contributed by atoms with Gasteiger partial charge in [-0.2, -0.15) is 0 Å². The summed E-state index contributed by atoms with van der Waals surface area (Å²) in [5.41, 5.74) is 2.01.